The van der Waals surface area contributed by atoms with Crippen LogP contribution in [0.25, 0.3) is 0 Å². The largest absolute Gasteiger partial charge is 0.394 e. The minimum atomic E-state index is -0.684. The first-order chi connectivity index (χ1) is 8.92. The Kier molecular flexibility index (Phi) is 5.95. The van der Waals surface area contributed by atoms with Gasteiger partial charge in [0, 0.05) is 5.54 Å². The van der Waals surface area contributed by atoms with Crippen molar-refractivity contribution in [3.63, 3.8) is 0 Å². The van der Waals surface area contributed by atoms with Crippen LogP contribution in [-0.2, 0) is 16.2 Å². The summed E-state index contributed by atoms with van der Waals surface area (Å²) in [6.45, 7) is 5.79. The van der Waals surface area contributed by atoms with E-state index in [4.69, 9.17) is 4.84 Å². The fourth-order valence-electron chi connectivity index (χ4n) is 1.55. The molecule has 19 heavy (non-hydrogen) atoms. The zero-order chi connectivity index (χ0) is 14.3. The topological polar surface area (TPSA) is 70.6 Å². The zero-order valence-corrected chi connectivity index (χ0v) is 11.6. The lowest BCUT2D eigenvalue weighted by Crippen LogP contribution is -2.53. The van der Waals surface area contributed by atoms with Gasteiger partial charge in [-0.05, 0) is 26.3 Å². The number of carbonyl (C=O) groups excluding carboxylic acids is 1. The summed E-state index contributed by atoms with van der Waals surface area (Å²) in [4.78, 5) is 16.9. The average molecular weight is 266 g/mol. The maximum absolute atomic E-state index is 11.8. The molecule has 0 saturated carbocycles. The van der Waals surface area contributed by atoms with Crippen molar-refractivity contribution in [3.8, 4) is 0 Å². The van der Waals surface area contributed by atoms with Crippen LogP contribution in [0.5, 0.6) is 0 Å². The Morgan fingerprint density at radius 3 is 2.47 bits per heavy atom. The van der Waals surface area contributed by atoms with Crippen LogP contribution in [0.3, 0.4) is 0 Å². The molecular weight excluding hydrogens is 244 g/mol. The summed E-state index contributed by atoms with van der Waals surface area (Å²) in [6, 6.07) is 8.84. The van der Waals surface area contributed by atoms with Gasteiger partial charge in [-0.3, -0.25) is 14.9 Å². The number of nitrogens with one attached hydrogen (secondary N) is 2. The van der Waals surface area contributed by atoms with Crippen molar-refractivity contribution < 1.29 is 14.7 Å². The highest BCUT2D eigenvalue weighted by Gasteiger charge is 2.23. The third-order valence-electron chi connectivity index (χ3n) is 2.36. The van der Waals surface area contributed by atoms with Gasteiger partial charge in [0.05, 0.1) is 13.2 Å². The number of benzene rings is 1. The summed E-state index contributed by atoms with van der Waals surface area (Å²) < 4.78 is 0. The molecule has 0 aliphatic rings. The molecule has 5 nitrogen and oxygen atoms in total. The van der Waals surface area contributed by atoms with Crippen molar-refractivity contribution in [3.05, 3.63) is 35.9 Å². The van der Waals surface area contributed by atoms with Crippen molar-refractivity contribution in [1.29, 1.82) is 0 Å². The molecular formula is C14H22N2O3. The molecule has 0 heterocycles. The van der Waals surface area contributed by atoms with Gasteiger partial charge in [0.2, 0.25) is 0 Å². The molecule has 0 saturated heterocycles. The highest BCUT2D eigenvalue weighted by atomic mass is 16.6. The minimum Gasteiger partial charge on any atom is -0.394 e. The van der Waals surface area contributed by atoms with Gasteiger partial charge in [0.1, 0.15) is 6.04 Å². The molecule has 1 amide bonds. The van der Waals surface area contributed by atoms with Crippen LogP contribution in [0.1, 0.15) is 26.3 Å². The van der Waals surface area contributed by atoms with Gasteiger partial charge in [-0.25, -0.2) is 5.48 Å². The van der Waals surface area contributed by atoms with E-state index in [9.17, 15) is 9.90 Å². The molecule has 5 heteroatoms. The second kappa shape index (κ2) is 7.23. The Morgan fingerprint density at radius 1 is 1.32 bits per heavy atom. The van der Waals surface area contributed by atoms with Gasteiger partial charge in [-0.2, -0.15) is 0 Å². The molecule has 0 aromatic heterocycles. The molecule has 0 fully saturated rings. The normalized spacial score (nSPS) is 13.1. The molecule has 0 bridgehead atoms. The van der Waals surface area contributed by atoms with Crippen molar-refractivity contribution in [1.82, 2.24) is 10.8 Å². The van der Waals surface area contributed by atoms with Gasteiger partial charge < -0.3 is 5.11 Å². The molecule has 3 N–H and O–H groups in total. The van der Waals surface area contributed by atoms with E-state index in [2.05, 4.69) is 10.8 Å². The van der Waals surface area contributed by atoms with Gasteiger partial charge in [-0.1, -0.05) is 30.3 Å². The number of carbonyl (C=O) groups is 1. The SMILES string of the molecule is CC(C)(C)N[C@H](CO)C(=O)NOCc1ccccc1. The Balaban J connectivity index is 2.37. The number of hydrogen-bond acceptors (Lipinski definition) is 4. The van der Waals surface area contributed by atoms with Crippen LogP contribution in [0.15, 0.2) is 30.3 Å². The van der Waals surface area contributed by atoms with Crippen molar-refractivity contribution in [2.75, 3.05) is 6.61 Å². The second-order valence-corrected chi connectivity index (χ2v) is 5.37. The monoisotopic (exact) mass is 266 g/mol. The summed E-state index contributed by atoms with van der Waals surface area (Å²) in [7, 11) is 0. The van der Waals surface area contributed by atoms with Crippen molar-refractivity contribution in [2.24, 2.45) is 0 Å². The van der Waals surface area contributed by atoms with E-state index < -0.39 is 6.04 Å². The molecule has 0 unspecified atom stereocenters. The molecule has 1 aromatic rings. The smallest absolute Gasteiger partial charge is 0.263 e. The first-order valence-corrected chi connectivity index (χ1v) is 6.26. The number of aliphatic hydroxyl groups is 1. The molecule has 106 valence electrons. The number of hydrogen-bond donors (Lipinski definition) is 3. The van der Waals surface area contributed by atoms with Crippen LogP contribution < -0.4 is 10.8 Å². The summed E-state index contributed by atoms with van der Waals surface area (Å²) >= 11 is 0. The van der Waals surface area contributed by atoms with Crippen LogP contribution in [0, 0.1) is 0 Å². The van der Waals surface area contributed by atoms with Crippen LogP contribution in [0.2, 0.25) is 0 Å². The zero-order valence-electron chi connectivity index (χ0n) is 11.6. The van der Waals surface area contributed by atoms with Crippen molar-refractivity contribution in [2.45, 2.75) is 39.0 Å². The lowest BCUT2D eigenvalue weighted by atomic mass is 10.1. The van der Waals surface area contributed by atoms with E-state index in [1.54, 1.807) is 0 Å². The molecule has 0 aliphatic carbocycles. The predicted molar refractivity (Wildman–Crippen MR) is 73.1 cm³/mol. The second-order valence-electron chi connectivity index (χ2n) is 5.37. The van der Waals surface area contributed by atoms with E-state index in [0.29, 0.717) is 6.61 Å². The highest BCUT2D eigenvalue weighted by Crippen LogP contribution is 2.02. The standard InChI is InChI=1S/C14H22N2O3/c1-14(2,3)15-12(9-17)13(18)16-19-10-11-7-5-4-6-8-11/h4-8,12,15,17H,9-10H2,1-3H3,(H,16,18)/t12-/m1/s1. The van der Waals surface area contributed by atoms with E-state index in [1.807, 2.05) is 51.1 Å². The highest BCUT2D eigenvalue weighted by molar-refractivity contribution is 5.80. The first kappa shape index (κ1) is 15.6. The maximum atomic E-state index is 11.8. The third kappa shape index (κ3) is 6.33. The van der Waals surface area contributed by atoms with Gasteiger partial charge >= 0.3 is 0 Å². The summed E-state index contributed by atoms with van der Waals surface area (Å²) in [6.07, 6.45) is 0. The number of aliphatic hydroxyl groups excluding tert-OH is 1. The van der Waals surface area contributed by atoms with Crippen molar-refractivity contribution >= 4 is 5.91 Å². The maximum Gasteiger partial charge on any atom is 0.263 e. The number of hydroxylamine groups is 1. The van der Waals surface area contributed by atoms with E-state index in [1.165, 1.54) is 0 Å². The lowest BCUT2D eigenvalue weighted by molar-refractivity contribution is -0.138. The summed E-state index contributed by atoms with van der Waals surface area (Å²) in [5.74, 6) is -0.381. The van der Waals surface area contributed by atoms with Gasteiger partial charge in [-0.15, -0.1) is 0 Å². The Hall–Kier alpha value is -1.43. The Morgan fingerprint density at radius 2 is 1.95 bits per heavy atom. The molecule has 1 aromatic carbocycles. The van der Waals surface area contributed by atoms with Crippen LogP contribution >= 0.6 is 0 Å². The summed E-state index contributed by atoms with van der Waals surface area (Å²) in [5.41, 5.74) is 3.05. The fourth-order valence-corrected chi connectivity index (χ4v) is 1.55. The average Bonchev–Trinajstić information content (AvgIpc) is 2.36. The van der Waals surface area contributed by atoms with Crippen LogP contribution in [0.4, 0.5) is 0 Å². The Bertz CT molecular complexity index is 387. The lowest BCUT2D eigenvalue weighted by Gasteiger charge is -2.26. The summed E-state index contributed by atoms with van der Waals surface area (Å²) in [5, 5.41) is 12.2. The molecule has 0 aliphatic heterocycles. The predicted octanol–water partition coefficient (Wildman–Crippen LogP) is 0.983. The first-order valence-electron chi connectivity index (χ1n) is 6.26. The van der Waals surface area contributed by atoms with Gasteiger partial charge in [0.15, 0.2) is 0 Å². The number of amides is 1. The van der Waals surface area contributed by atoms with E-state index >= 15 is 0 Å². The quantitative estimate of drug-likeness (QED) is 0.671. The number of rotatable bonds is 6. The third-order valence-corrected chi connectivity index (χ3v) is 2.36. The molecule has 1 rings (SSSR count). The Labute approximate surface area is 113 Å². The van der Waals surface area contributed by atoms with E-state index in [0.717, 1.165) is 5.56 Å². The molecule has 0 radical (unpaired) electrons. The minimum absolute atomic E-state index is 0.260. The fraction of sp³-hybridized carbons (Fsp3) is 0.500. The van der Waals surface area contributed by atoms with Crippen LogP contribution in [-0.4, -0.2) is 29.2 Å². The molecule has 0 spiro atoms. The van der Waals surface area contributed by atoms with E-state index in [-0.39, 0.29) is 18.1 Å². The molecule has 1 atom stereocenters. The van der Waals surface area contributed by atoms with Gasteiger partial charge in [0.25, 0.3) is 5.91 Å².